The topological polar surface area (TPSA) is 48.6 Å². The Morgan fingerprint density at radius 1 is 1.20 bits per heavy atom. The maximum Gasteiger partial charge on any atom is 0.142 e. The molecule has 25 heavy (non-hydrogen) atoms. The molecule has 0 saturated carbocycles. The summed E-state index contributed by atoms with van der Waals surface area (Å²) in [6.07, 6.45) is 5.43. The van der Waals surface area contributed by atoms with Crippen molar-refractivity contribution in [1.82, 2.24) is 9.55 Å². The first kappa shape index (κ1) is 15.9. The summed E-state index contributed by atoms with van der Waals surface area (Å²) in [7, 11) is 0. The van der Waals surface area contributed by atoms with Crippen LogP contribution in [0.25, 0.3) is 0 Å². The van der Waals surface area contributed by atoms with Crippen molar-refractivity contribution >= 4 is 21.6 Å². The number of nitrogens with zero attached hydrogens (tertiary/aromatic N) is 3. The molecule has 1 aromatic heterocycles. The fourth-order valence-electron chi connectivity index (χ4n) is 2.78. The van der Waals surface area contributed by atoms with Crippen LogP contribution in [0.4, 0.5) is 0 Å². The molecule has 2 heterocycles. The van der Waals surface area contributed by atoms with Crippen molar-refractivity contribution in [2.24, 2.45) is 5.16 Å². The summed E-state index contributed by atoms with van der Waals surface area (Å²) in [6, 6.07) is 15.8. The van der Waals surface area contributed by atoms with Crippen molar-refractivity contribution in [3.05, 3.63) is 82.9 Å². The normalized spacial score (nSPS) is 17.8. The average Bonchev–Trinajstić information content (AvgIpc) is 3.18. The van der Waals surface area contributed by atoms with Gasteiger partial charge in [0.15, 0.2) is 0 Å². The third kappa shape index (κ3) is 3.44. The van der Waals surface area contributed by atoms with E-state index in [1.54, 1.807) is 12.5 Å². The molecule has 1 aliphatic rings. The van der Waals surface area contributed by atoms with Crippen molar-refractivity contribution in [2.45, 2.75) is 12.6 Å². The van der Waals surface area contributed by atoms with Crippen LogP contribution in [0, 0.1) is 0 Å². The molecular formula is C19H16BrN3O2. The summed E-state index contributed by atoms with van der Waals surface area (Å²) >= 11 is 3.43. The van der Waals surface area contributed by atoms with Crippen LogP contribution in [0.5, 0.6) is 5.75 Å². The van der Waals surface area contributed by atoms with Crippen LogP contribution in [-0.2, 0) is 11.4 Å². The minimum atomic E-state index is -0.0673. The number of oxime groups is 1. The zero-order chi connectivity index (χ0) is 17.1. The first-order valence-electron chi connectivity index (χ1n) is 7.95. The standard InChI is InChI=1S/C19H16BrN3O2/c20-15-7-5-14(6-8-15)11-25-22-19-16-3-1-2-4-18(16)24-12-17(19)23-10-9-21-13-23/h1-10,13,17H,11-12H2/b22-19+. The Balaban J connectivity index is 1.61. The molecule has 1 atom stereocenters. The number of hydrogen-bond donors (Lipinski definition) is 0. The monoisotopic (exact) mass is 397 g/mol. The summed E-state index contributed by atoms with van der Waals surface area (Å²) in [4.78, 5) is 9.80. The number of aromatic nitrogens is 2. The molecule has 126 valence electrons. The van der Waals surface area contributed by atoms with Crippen molar-refractivity contribution in [3.8, 4) is 5.75 Å². The second kappa shape index (κ2) is 7.11. The summed E-state index contributed by atoms with van der Waals surface area (Å²) in [5, 5.41) is 4.46. The Kier molecular flexibility index (Phi) is 4.52. The Bertz CT molecular complexity index is 876. The van der Waals surface area contributed by atoms with Crippen LogP contribution >= 0.6 is 15.9 Å². The van der Waals surface area contributed by atoms with Crippen molar-refractivity contribution in [1.29, 1.82) is 0 Å². The molecule has 1 unspecified atom stereocenters. The fourth-order valence-corrected chi connectivity index (χ4v) is 3.04. The molecule has 0 N–H and O–H groups in total. The highest BCUT2D eigenvalue weighted by atomic mass is 79.9. The number of rotatable bonds is 4. The number of para-hydroxylation sites is 1. The summed E-state index contributed by atoms with van der Waals surface area (Å²) < 4.78 is 8.90. The third-order valence-corrected chi connectivity index (χ3v) is 4.60. The van der Waals surface area contributed by atoms with Crippen molar-refractivity contribution < 1.29 is 9.57 Å². The van der Waals surface area contributed by atoms with Gasteiger partial charge in [-0.1, -0.05) is 45.4 Å². The van der Waals surface area contributed by atoms with Crippen LogP contribution in [0.3, 0.4) is 0 Å². The van der Waals surface area contributed by atoms with Gasteiger partial charge in [0.05, 0.1) is 6.33 Å². The van der Waals surface area contributed by atoms with Gasteiger partial charge in [-0.2, -0.15) is 0 Å². The lowest BCUT2D eigenvalue weighted by molar-refractivity contribution is 0.127. The Morgan fingerprint density at radius 3 is 2.84 bits per heavy atom. The molecule has 0 radical (unpaired) electrons. The second-order valence-electron chi connectivity index (χ2n) is 5.71. The molecule has 0 aliphatic carbocycles. The van der Waals surface area contributed by atoms with Crippen LogP contribution in [0.2, 0.25) is 0 Å². The van der Waals surface area contributed by atoms with Gasteiger partial charge in [0.25, 0.3) is 0 Å². The molecule has 0 spiro atoms. The largest absolute Gasteiger partial charge is 0.490 e. The first-order valence-corrected chi connectivity index (χ1v) is 8.74. The molecule has 0 bridgehead atoms. The van der Waals surface area contributed by atoms with Gasteiger partial charge in [0, 0.05) is 22.4 Å². The van der Waals surface area contributed by atoms with Gasteiger partial charge in [0.2, 0.25) is 0 Å². The number of halogens is 1. The number of ether oxygens (including phenoxy) is 1. The van der Waals surface area contributed by atoms with Crippen molar-refractivity contribution in [3.63, 3.8) is 0 Å². The van der Waals surface area contributed by atoms with E-state index < -0.39 is 0 Å². The lowest BCUT2D eigenvalue weighted by atomic mass is 10.00. The van der Waals surface area contributed by atoms with E-state index in [1.807, 2.05) is 59.3 Å². The predicted octanol–water partition coefficient (Wildman–Crippen LogP) is 4.20. The van der Waals surface area contributed by atoms with Gasteiger partial charge in [-0.15, -0.1) is 0 Å². The molecular weight excluding hydrogens is 382 g/mol. The fraction of sp³-hybridized carbons (Fsp3) is 0.158. The number of imidazole rings is 1. The second-order valence-corrected chi connectivity index (χ2v) is 6.62. The molecule has 0 fully saturated rings. The molecule has 0 saturated heterocycles. The van der Waals surface area contributed by atoms with Gasteiger partial charge >= 0.3 is 0 Å². The van der Waals surface area contributed by atoms with E-state index in [0.29, 0.717) is 13.2 Å². The molecule has 5 nitrogen and oxygen atoms in total. The first-order chi connectivity index (χ1) is 12.3. The highest BCUT2D eigenvalue weighted by Crippen LogP contribution is 2.30. The van der Waals surface area contributed by atoms with Crippen LogP contribution < -0.4 is 4.74 Å². The summed E-state index contributed by atoms with van der Waals surface area (Å²) in [6.45, 7) is 0.907. The van der Waals surface area contributed by atoms with E-state index in [9.17, 15) is 0 Å². The van der Waals surface area contributed by atoms with Crippen molar-refractivity contribution in [2.75, 3.05) is 6.61 Å². The summed E-state index contributed by atoms with van der Waals surface area (Å²) in [5.74, 6) is 0.824. The van der Waals surface area contributed by atoms with E-state index in [4.69, 9.17) is 9.57 Å². The van der Waals surface area contributed by atoms with E-state index in [-0.39, 0.29) is 6.04 Å². The highest BCUT2D eigenvalue weighted by molar-refractivity contribution is 9.10. The predicted molar refractivity (Wildman–Crippen MR) is 98.7 cm³/mol. The molecule has 2 aromatic carbocycles. The maximum absolute atomic E-state index is 5.88. The maximum atomic E-state index is 5.88. The van der Waals surface area contributed by atoms with E-state index in [1.165, 1.54) is 0 Å². The quantitative estimate of drug-likeness (QED) is 0.619. The van der Waals surface area contributed by atoms with Gasteiger partial charge < -0.3 is 14.1 Å². The van der Waals surface area contributed by atoms with Crippen LogP contribution in [-0.4, -0.2) is 21.9 Å². The Labute approximate surface area is 154 Å². The molecule has 3 aromatic rings. The van der Waals surface area contributed by atoms with Gasteiger partial charge in [-0.3, -0.25) is 0 Å². The smallest absolute Gasteiger partial charge is 0.142 e. The van der Waals surface area contributed by atoms with Gasteiger partial charge in [-0.25, -0.2) is 4.98 Å². The minimum absolute atomic E-state index is 0.0673. The van der Waals surface area contributed by atoms with Gasteiger partial charge in [-0.05, 0) is 29.8 Å². The van der Waals surface area contributed by atoms with E-state index >= 15 is 0 Å². The lowest BCUT2D eigenvalue weighted by Crippen LogP contribution is -2.30. The SMILES string of the molecule is Brc1ccc(CO/N=C2\c3ccccc3OCC2n2ccnc2)cc1. The number of hydrogen-bond acceptors (Lipinski definition) is 4. The van der Waals surface area contributed by atoms with Crippen LogP contribution in [0.15, 0.2) is 76.9 Å². The minimum Gasteiger partial charge on any atom is -0.490 e. The number of fused-ring (bicyclic) bond motifs is 1. The molecule has 0 amide bonds. The Hall–Kier alpha value is -2.60. The zero-order valence-corrected chi connectivity index (χ0v) is 15.0. The Morgan fingerprint density at radius 2 is 2.04 bits per heavy atom. The van der Waals surface area contributed by atoms with E-state index in [0.717, 1.165) is 27.1 Å². The summed E-state index contributed by atoms with van der Waals surface area (Å²) in [5.41, 5.74) is 2.85. The van der Waals surface area contributed by atoms with E-state index in [2.05, 4.69) is 26.1 Å². The molecule has 6 heteroatoms. The highest BCUT2D eigenvalue weighted by Gasteiger charge is 2.28. The molecule has 1 aliphatic heterocycles. The molecule has 4 rings (SSSR count). The van der Waals surface area contributed by atoms with Gasteiger partial charge in [0.1, 0.15) is 30.7 Å². The third-order valence-electron chi connectivity index (χ3n) is 4.07. The average molecular weight is 398 g/mol. The van der Waals surface area contributed by atoms with Crippen LogP contribution in [0.1, 0.15) is 17.2 Å². The zero-order valence-electron chi connectivity index (χ0n) is 13.4. The number of benzene rings is 2. The lowest BCUT2D eigenvalue weighted by Gasteiger charge is -2.27.